The molecule has 1 aromatic rings. The number of aliphatic hydroxyl groups excluding tert-OH is 1. The lowest BCUT2D eigenvalue weighted by Crippen LogP contribution is -2.02. The normalized spacial score (nSPS) is 14.3. The molecule has 1 aliphatic heterocycles. The number of phenols is 2. The Kier molecular flexibility index (Phi) is 1.55. The maximum Gasteiger partial charge on any atom is 0.137 e. The van der Waals surface area contributed by atoms with Gasteiger partial charge in [0.1, 0.15) is 29.3 Å². The molecule has 4 nitrogen and oxygen atoms in total. The topological polar surface area (TPSA) is 69.9 Å². The molecule has 0 spiro atoms. The Bertz CT molecular complexity index is 381. The second kappa shape index (κ2) is 2.58. The summed E-state index contributed by atoms with van der Waals surface area (Å²) in [7, 11) is 0. The fourth-order valence-electron chi connectivity index (χ4n) is 1.25. The molecule has 1 aliphatic rings. The lowest BCUT2D eigenvalue weighted by Gasteiger charge is -2.15. The van der Waals surface area contributed by atoms with Crippen LogP contribution in [-0.2, 0) is 6.42 Å². The van der Waals surface area contributed by atoms with Crippen LogP contribution >= 0.6 is 0 Å². The first-order chi connectivity index (χ1) is 6.16. The summed E-state index contributed by atoms with van der Waals surface area (Å²) in [5.41, 5.74) is 0.484. The number of phenolic OH excluding ortho intramolecular Hbond substituents is 2. The predicted octanol–water partition coefficient (Wildman–Crippen LogP) is 1.43. The molecule has 0 atom stereocenters. The van der Waals surface area contributed by atoms with Crippen molar-refractivity contribution in [2.24, 2.45) is 0 Å². The second-order valence-electron chi connectivity index (χ2n) is 2.85. The molecule has 0 radical (unpaired) electrons. The minimum atomic E-state index is -0.0744. The lowest BCUT2D eigenvalue weighted by atomic mass is 10.1. The Morgan fingerprint density at radius 1 is 1.15 bits per heavy atom. The zero-order valence-corrected chi connectivity index (χ0v) is 6.69. The predicted molar refractivity (Wildman–Crippen MR) is 44.8 cm³/mol. The van der Waals surface area contributed by atoms with Gasteiger partial charge in [0.25, 0.3) is 0 Å². The largest absolute Gasteiger partial charge is 0.509 e. The lowest BCUT2D eigenvalue weighted by molar-refractivity contribution is 0.332. The zero-order chi connectivity index (χ0) is 9.42. The van der Waals surface area contributed by atoms with Gasteiger partial charge in [0.05, 0.1) is 0 Å². The van der Waals surface area contributed by atoms with Gasteiger partial charge < -0.3 is 20.1 Å². The summed E-state index contributed by atoms with van der Waals surface area (Å²) in [5.74, 6) is 0.282. The molecule has 0 unspecified atom stereocenters. The minimum absolute atomic E-state index is 0.0495. The molecule has 0 amide bonds. The van der Waals surface area contributed by atoms with Crippen molar-refractivity contribution in [1.82, 2.24) is 0 Å². The fourth-order valence-corrected chi connectivity index (χ4v) is 1.25. The molecule has 1 heterocycles. The van der Waals surface area contributed by atoms with Gasteiger partial charge in [-0.15, -0.1) is 0 Å². The number of hydrogen-bond donors (Lipinski definition) is 3. The molecule has 0 aliphatic carbocycles. The van der Waals surface area contributed by atoms with Crippen LogP contribution in [0.15, 0.2) is 24.2 Å². The first kappa shape index (κ1) is 7.79. The average Bonchev–Trinajstić information content (AvgIpc) is 2.06. The van der Waals surface area contributed by atoms with Gasteiger partial charge in [0.15, 0.2) is 0 Å². The minimum Gasteiger partial charge on any atom is -0.509 e. The van der Waals surface area contributed by atoms with Crippen LogP contribution in [0.5, 0.6) is 17.2 Å². The van der Waals surface area contributed by atoms with E-state index in [2.05, 4.69) is 0 Å². The van der Waals surface area contributed by atoms with Crippen LogP contribution in [0.4, 0.5) is 0 Å². The van der Waals surface area contributed by atoms with E-state index in [0.29, 0.717) is 11.3 Å². The summed E-state index contributed by atoms with van der Waals surface area (Å²) in [6, 6.07) is 2.60. The molecular weight excluding hydrogens is 172 g/mol. The molecule has 2 rings (SSSR count). The van der Waals surface area contributed by atoms with Crippen molar-refractivity contribution in [3.8, 4) is 17.2 Å². The van der Waals surface area contributed by atoms with Gasteiger partial charge in [-0.2, -0.15) is 0 Å². The first-order valence-electron chi connectivity index (χ1n) is 3.76. The molecular formula is C9H8O4. The first-order valence-corrected chi connectivity index (χ1v) is 3.76. The Morgan fingerprint density at radius 3 is 2.69 bits per heavy atom. The number of aliphatic hydroxyl groups is 1. The Labute approximate surface area is 74.3 Å². The van der Waals surface area contributed by atoms with Gasteiger partial charge in [-0.1, -0.05) is 0 Å². The second-order valence-corrected chi connectivity index (χ2v) is 2.85. The standard InChI is InChI=1S/C9H8O4/c10-5-2-8(12)7-1-6(11)4-13-9(7)3-5/h2-4,10-12H,1H2. The maximum atomic E-state index is 9.38. The van der Waals surface area contributed by atoms with Gasteiger partial charge in [-0.3, -0.25) is 0 Å². The van der Waals surface area contributed by atoms with Crippen molar-refractivity contribution in [2.75, 3.05) is 0 Å². The molecule has 0 aromatic heterocycles. The van der Waals surface area contributed by atoms with Gasteiger partial charge in [0.2, 0.25) is 0 Å². The Hall–Kier alpha value is -1.84. The van der Waals surface area contributed by atoms with Crippen LogP contribution in [0.1, 0.15) is 5.56 Å². The molecule has 0 saturated heterocycles. The van der Waals surface area contributed by atoms with Crippen molar-refractivity contribution >= 4 is 0 Å². The maximum absolute atomic E-state index is 9.38. The van der Waals surface area contributed by atoms with E-state index in [1.165, 1.54) is 18.4 Å². The third-order valence-electron chi connectivity index (χ3n) is 1.85. The van der Waals surface area contributed by atoms with Crippen molar-refractivity contribution in [2.45, 2.75) is 6.42 Å². The van der Waals surface area contributed by atoms with Crippen LogP contribution in [-0.4, -0.2) is 15.3 Å². The third kappa shape index (κ3) is 1.26. The van der Waals surface area contributed by atoms with E-state index in [1.54, 1.807) is 0 Å². The quantitative estimate of drug-likeness (QED) is 0.564. The molecule has 13 heavy (non-hydrogen) atoms. The van der Waals surface area contributed by atoms with Crippen LogP contribution in [0.2, 0.25) is 0 Å². The summed E-state index contributed by atoms with van der Waals surface area (Å²) < 4.78 is 4.97. The van der Waals surface area contributed by atoms with E-state index in [-0.39, 0.29) is 23.7 Å². The molecule has 0 saturated carbocycles. The molecule has 3 N–H and O–H groups in total. The molecule has 1 aromatic carbocycles. The highest BCUT2D eigenvalue weighted by molar-refractivity contribution is 5.52. The highest BCUT2D eigenvalue weighted by atomic mass is 16.5. The van der Waals surface area contributed by atoms with E-state index in [0.717, 1.165) is 0 Å². The molecule has 68 valence electrons. The Morgan fingerprint density at radius 2 is 1.92 bits per heavy atom. The number of benzene rings is 1. The number of hydrogen-bond acceptors (Lipinski definition) is 4. The van der Waals surface area contributed by atoms with Crippen molar-refractivity contribution in [3.05, 3.63) is 29.7 Å². The number of rotatable bonds is 0. The van der Waals surface area contributed by atoms with Gasteiger partial charge in [-0.05, 0) is 0 Å². The smallest absolute Gasteiger partial charge is 0.137 e. The number of ether oxygens (including phenoxy) is 1. The summed E-state index contributed by atoms with van der Waals surface area (Å²) in [6.07, 6.45) is 1.41. The van der Waals surface area contributed by atoms with E-state index < -0.39 is 0 Å². The summed E-state index contributed by atoms with van der Waals surface area (Å²) >= 11 is 0. The summed E-state index contributed by atoms with van der Waals surface area (Å²) in [5, 5.41) is 27.6. The van der Waals surface area contributed by atoms with Crippen LogP contribution in [0.25, 0.3) is 0 Å². The highest BCUT2D eigenvalue weighted by Gasteiger charge is 2.16. The number of allylic oxidation sites excluding steroid dienone is 1. The third-order valence-corrected chi connectivity index (χ3v) is 1.85. The van der Waals surface area contributed by atoms with E-state index >= 15 is 0 Å². The SMILES string of the molecule is OC1=COc2cc(O)cc(O)c2C1. The average molecular weight is 180 g/mol. The Balaban J connectivity index is 2.52. The number of fused-ring (bicyclic) bond motifs is 1. The monoisotopic (exact) mass is 180 g/mol. The molecule has 0 fully saturated rings. The van der Waals surface area contributed by atoms with Gasteiger partial charge >= 0.3 is 0 Å². The summed E-state index contributed by atoms with van der Waals surface area (Å²) in [6.45, 7) is 0. The van der Waals surface area contributed by atoms with Gasteiger partial charge in [-0.25, -0.2) is 0 Å². The zero-order valence-electron chi connectivity index (χ0n) is 6.69. The van der Waals surface area contributed by atoms with Crippen LogP contribution in [0.3, 0.4) is 0 Å². The van der Waals surface area contributed by atoms with E-state index in [1.807, 2.05) is 0 Å². The molecule has 4 heteroatoms. The number of aromatic hydroxyl groups is 2. The highest BCUT2D eigenvalue weighted by Crippen LogP contribution is 2.36. The fraction of sp³-hybridized carbons (Fsp3) is 0.111. The van der Waals surface area contributed by atoms with E-state index in [9.17, 15) is 5.11 Å². The van der Waals surface area contributed by atoms with Crippen LogP contribution in [0, 0.1) is 0 Å². The van der Waals surface area contributed by atoms with Crippen molar-refractivity contribution in [3.63, 3.8) is 0 Å². The van der Waals surface area contributed by atoms with Crippen molar-refractivity contribution in [1.29, 1.82) is 0 Å². The molecule has 0 bridgehead atoms. The van der Waals surface area contributed by atoms with Gasteiger partial charge in [0, 0.05) is 24.1 Å². The van der Waals surface area contributed by atoms with Crippen LogP contribution < -0.4 is 4.74 Å². The van der Waals surface area contributed by atoms with Crippen molar-refractivity contribution < 1.29 is 20.1 Å². The van der Waals surface area contributed by atoms with E-state index in [4.69, 9.17) is 14.9 Å². The summed E-state index contributed by atoms with van der Waals surface area (Å²) in [4.78, 5) is 0.